The second kappa shape index (κ2) is 5.85. The van der Waals surface area contributed by atoms with E-state index in [1.54, 1.807) is 0 Å². The summed E-state index contributed by atoms with van der Waals surface area (Å²) >= 11 is 0. The lowest BCUT2D eigenvalue weighted by molar-refractivity contribution is -0.125. The van der Waals surface area contributed by atoms with Gasteiger partial charge in [0.2, 0.25) is 5.91 Å². The minimum Gasteiger partial charge on any atom is -0.353 e. The average molecular weight is 240 g/mol. The summed E-state index contributed by atoms with van der Waals surface area (Å²) in [6, 6.07) is 0.370. The number of amides is 1. The highest BCUT2D eigenvalue weighted by Gasteiger charge is 2.33. The van der Waals surface area contributed by atoms with E-state index in [0.717, 1.165) is 13.0 Å². The quantitative estimate of drug-likeness (QED) is 0.791. The van der Waals surface area contributed by atoms with Crippen LogP contribution < -0.4 is 10.6 Å². The molecule has 1 aliphatic rings. The molecule has 0 aromatic heterocycles. The normalized spacial score (nSPS) is 29.7. The predicted octanol–water partition coefficient (Wildman–Crippen LogP) is 2.17. The SMILES string of the molecule is CNCC(C)C(=O)NC1CCC(C)(C)CC1C. The lowest BCUT2D eigenvalue weighted by Gasteiger charge is -2.39. The molecule has 17 heavy (non-hydrogen) atoms. The molecule has 3 nitrogen and oxygen atoms in total. The Kier molecular flexibility index (Phi) is 4.99. The van der Waals surface area contributed by atoms with Gasteiger partial charge in [-0.15, -0.1) is 0 Å². The molecule has 1 rings (SSSR count). The predicted molar refractivity (Wildman–Crippen MR) is 71.8 cm³/mol. The van der Waals surface area contributed by atoms with Crippen LogP contribution in [0.5, 0.6) is 0 Å². The van der Waals surface area contributed by atoms with E-state index >= 15 is 0 Å². The number of carbonyl (C=O) groups excluding carboxylic acids is 1. The standard InChI is InChI=1S/C14H28N2O/c1-10-8-14(3,4)7-6-12(10)16-13(17)11(2)9-15-5/h10-12,15H,6-9H2,1-5H3,(H,16,17). The molecule has 0 heterocycles. The zero-order chi connectivity index (χ0) is 13.1. The van der Waals surface area contributed by atoms with Crippen LogP contribution in [0.25, 0.3) is 0 Å². The van der Waals surface area contributed by atoms with Gasteiger partial charge in [0.05, 0.1) is 0 Å². The van der Waals surface area contributed by atoms with Crippen LogP contribution in [0.3, 0.4) is 0 Å². The van der Waals surface area contributed by atoms with Gasteiger partial charge in [-0.1, -0.05) is 27.7 Å². The molecule has 100 valence electrons. The number of carbonyl (C=O) groups is 1. The monoisotopic (exact) mass is 240 g/mol. The molecule has 0 saturated heterocycles. The molecule has 1 amide bonds. The first kappa shape index (κ1) is 14.5. The van der Waals surface area contributed by atoms with Crippen LogP contribution in [0.4, 0.5) is 0 Å². The Morgan fingerprint density at radius 3 is 2.65 bits per heavy atom. The molecule has 2 N–H and O–H groups in total. The summed E-state index contributed by atoms with van der Waals surface area (Å²) in [5, 5.41) is 6.26. The maximum atomic E-state index is 12.0. The molecule has 3 unspecified atom stereocenters. The minimum absolute atomic E-state index is 0.0575. The van der Waals surface area contributed by atoms with Crippen molar-refractivity contribution in [3.63, 3.8) is 0 Å². The van der Waals surface area contributed by atoms with Gasteiger partial charge in [-0.25, -0.2) is 0 Å². The third-order valence-electron chi connectivity index (χ3n) is 3.98. The van der Waals surface area contributed by atoms with Gasteiger partial charge in [-0.3, -0.25) is 4.79 Å². The molecule has 0 spiro atoms. The van der Waals surface area contributed by atoms with Crippen LogP contribution in [0.1, 0.15) is 47.0 Å². The maximum Gasteiger partial charge on any atom is 0.224 e. The van der Waals surface area contributed by atoms with Gasteiger partial charge in [0.15, 0.2) is 0 Å². The van der Waals surface area contributed by atoms with Crippen LogP contribution in [-0.2, 0) is 4.79 Å². The minimum atomic E-state index is 0.0575. The smallest absolute Gasteiger partial charge is 0.224 e. The molecule has 1 aliphatic carbocycles. The zero-order valence-electron chi connectivity index (χ0n) is 12.0. The molecule has 3 heteroatoms. The van der Waals surface area contributed by atoms with Crippen LogP contribution in [0, 0.1) is 17.3 Å². The Morgan fingerprint density at radius 1 is 1.47 bits per heavy atom. The van der Waals surface area contributed by atoms with Crippen molar-refractivity contribution in [1.82, 2.24) is 10.6 Å². The Balaban J connectivity index is 2.45. The average Bonchev–Trinajstić information content (AvgIpc) is 2.21. The van der Waals surface area contributed by atoms with Gasteiger partial charge in [0.1, 0.15) is 0 Å². The third-order valence-corrected chi connectivity index (χ3v) is 3.98. The van der Waals surface area contributed by atoms with Crippen molar-refractivity contribution < 1.29 is 4.79 Å². The van der Waals surface area contributed by atoms with E-state index in [1.165, 1.54) is 12.8 Å². The van der Waals surface area contributed by atoms with Crippen molar-refractivity contribution in [2.75, 3.05) is 13.6 Å². The van der Waals surface area contributed by atoms with Crippen molar-refractivity contribution in [1.29, 1.82) is 0 Å². The van der Waals surface area contributed by atoms with E-state index in [-0.39, 0.29) is 11.8 Å². The lowest BCUT2D eigenvalue weighted by Crippen LogP contribution is -2.47. The summed E-state index contributed by atoms with van der Waals surface area (Å²) in [5.41, 5.74) is 0.442. The van der Waals surface area contributed by atoms with E-state index in [9.17, 15) is 4.79 Å². The van der Waals surface area contributed by atoms with Gasteiger partial charge >= 0.3 is 0 Å². The number of nitrogens with one attached hydrogen (secondary N) is 2. The van der Waals surface area contributed by atoms with Crippen molar-refractivity contribution in [3.8, 4) is 0 Å². The van der Waals surface area contributed by atoms with Gasteiger partial charge in [-0.2, -0.15) is 0 Å². The molecule has 0 aromatic rings. The summed E-state index contributed by atoms with van der Waals surface area (Å²) < 4.78 is 0. The van der Waals surface area contributed by atoms with Gasteiger partial charge in [0, 0.05) is 18.5 Å². The van der Waals surface area contributed by atoms with Crippen molar-refractivity contribution in [3.05, 3.63) is 0 Å². The molecule has 1 fully saturated rings. The fourth-order valence-corrected chi connectivity index (χ4v) is 2.88. The zero-order valence-corrected chi connectivity index (χ0v) is 12.0. The topological polar surface area (TPSA) is 41.1 Å². The molecule has 0 radical (unpaired) electrons. The fourth-order valence-electron chi connectivity index (χ4n) is 2.88. The van der Waals surface area contributed by atoms with E-state index in [2.05, 4.69) is 31.4 Å². The summed E-state index contributed by atoms with van der Waals surface area (Å²) in [5.74, 6) is 0.836. The largest absolute Gasteiger partial charge is 0.353 e. The highest BCUT2D eigenvalue weighted by atomic mass is 16.1. The first-order valence-electron chi connectivity index (χ1n) is 6.80. The van der Waals surface area contributed by atoms with E-state index in [0.29, 0.717) is 17.4 Å². The first-order valence-corrected chi connectivity index (χ1v) is 6.80. The van der Waals surface area contributed by atoms with E-state index in [4.69, 9.17) is 0 Å². The first-order chi connectivity index (χ1) is 7.85. The highest BCUT2D eigenvalue weighted by Crippen LogP contribution is 2.38. The van der Waals surface area contributed by atoms with E-state index in [1.807, 2.05) is 14.0 Å². The number of hydrogen-bond donors (Lipinski definition) is 2. The second-order valence-electron chi connectivity index (χ2n) is 6.46. The van der Waals surface area contributed by atoms with Crippen LogP contribution in [-0.4, -0.2) is 25.5 Å². The van der Waals surface area contributed by atoms with Crippen molar-refractivity contribution in [2.45, 2.75) is 53.0 Å². The molecule has 0 bridgehead atoms. The van der Waals surface area contributed by atoms with Crippen LogP contribution in [0.2, 0.25) is 0 Å². The Bertz CT molecular complexity index is 263. The van der Waals surface area contributed by atoms with Crippen molar-refractivity contribution in [2.24, 2.45) is 17.3 Å². The Labute approximate surface area is 106 Å². The fraction of sp³-hybridized carbons (Fsp3) is 0.929. The van der Waals surface area contributed by atoms with Crippen LogP contribution in [0.15, 0.2) is 0 Å². The van der Waals surface area contributed by atoms with E-state index < -0.39 is 0 Å². The lowest BCUT2D eigenvalue weighted by atomic mass is 9.70. The van der Waals surface area contributed by atoms with Gasteiger partial charge < -0.3 is 10.6 Å². The third kappa shape index (κ3) is 4.30. The molecular formula is C14H28N2O. The summed E-state index contributed by atoms with van der Waals surface area (Å²) in [4.78, 5) is 12.0. The Morgan fingerprint density at radius 2 is 2.12 bits per heavy atom. The molecule has 1 saturated carbocycles. The van der Waals surface area contributed by atoms with Gasteiger partial charge in [0.25, 0.3) is 0 Å². The molecule has 0 aliphatic heterocycles. The summed E-state index contributed by atoms with van der Waals surface area (Å²) in [7, 11) is 1.88. The summed E-state index contributed by atoms with van der Waals surface area (Å²) in [6.45, 7) is 9.63. The number of rotatable bonds is 4. The Hall–Kier alpha value is -0.570. The molecule has 3 atom stereocenters. The molecule has 0 aromatic carbocycles. The van der Waals surface area contributed by atoms with Crippen molar-refractivity contribution >= 4 is 5.91 Å². The summed E-state index contributed by atoms with van der Waals surface area (Å²) in [6.07, 6.45) is 3.53. The van der Waals surface area contributed by atoms with Gasteiger partial charge in [-0.05, 0) is 37.6 Å². The second-order valence-corrected chi connectivity index (χ2v) is 6.46. The van der Waals surface area contributed by atoms with Crippen LogP contribution >= 0.6 is 0 Å². The maximum absolute atomic E-state index is 12.0. The highest BCUT2D eigenvalue weighted by molar-refractivity contribution is 5.78. The number of hydrogen-bond acceptors (Lipinski definition) is 2. The molecular weight excluding hydrogens is 212 g/mol.